The minimum atomic E-state index is -0.199. The standard InChI is InChI=1S/C20H28N6O2/c21-18(27)14-5-3-9-25(11-14)10-4-8-22-20(28)26-12-15(13-26)19-23-16-6-1-2-7-17(16)24-19/h1-2,6-7,14-15H,3-5,8-13H2,(H2,21,27)(H,22,28)(H,23,24)/t14-/m0/s1. The van der Waals surface area contributed by atoms with Gasteiger partial charge in [0.2, 0.25) is 5.91 Å². The number of nitrogens with two attached hydrogens (primary N) is 1. The van der Waals surface area contributed by atoms with E-state index < -0.39 is 0 Å². The van der Waals surface area contributed by atoms with Crippen molar-refractivity contribution < 1.29 is 9.59 Å². The highest BCUT2D eigenvalue weighted by Crippen LogP contribution is 2.26. The van der Waals surface area contributed by atoms with Crippen molar-refractivity contribution in [2.75, 3.05) is 39.3 Å². The molecule has 0 spiro atoms. The summed E-state index contributed by atoms with van der Waals surface area (Å²) in [6, 6.07) is 7.96. The molecule has 150 valence electrons. The quantitative estimate of drug-likeness (QED) is 0.652. The number of aromatic nitrogens is 2. The third kappa shape index (κ3) is 4.11. The van der Waals surface area contributed by atoms with Crippen LogP contribution < -0.4 is 11.1 Å². The molecule has 0 aliphatic carbocycles. The van der Waals surface area contributed by atoms with Crippen LogP contribution in [-0.4, -0.2) is 71.0 Å². The van der Waals surface area contributed by atoms with Crippen molar-refractivity contribution in [3.8, 4) is 0 Å². The zero-order chi connectivity index (χ0) is 19.5. The molecule has 2 fully saturated rings. The molecule has 2 aliphatic rings. The molecule has 8 nitrogen and oxygen atoms in total. The lowest BCUT2D eigenvalue weighted by Crippen LogP contribution is -2.53. The Bertz CT molecular complexity index is 811. The number of fused-ring (bicyclic) bond motifs is 1. The van der Waals surface area contributed by atoms with Crippen LogP contribution in [0.2, 0.25) is 0 Å². The number of likely N-dealkylation sites (tertiary alicyclic amines) is 2. The second-order valence-electron chi connectivity index (χ2n) is 7.87. The number of hydrogen-bond acceptors (Lipinski definition) is 4. The fraction of sp³-hybridized carbons (Fsp3) is 0.550. The molecule has 2 saturated heterocycles. The van der Waals surface area contributed by atoms with Gasteiger partial charge >= 0.3 is 6.03 Å². The lowest BCUT2D eigenvalue weighted by atomic mass is 9.97. The molecule has 28 heavy (non-hydrogen) atoms. The average molecular weight is 384 g/mol. The Kier molecular flexibility index (Phi) is 5.47. The lowest BCUT2D eigenvalue weighted by Gasteiger charge is -2.38. The van der Waals surface area contributed by atoms with Crippen LogP contribution in [0.5, 0.6) is 0 Å². The van der Waals surface area contributed by atoms with Gasteiger partial charge in [-0.15, -0.1) is 0 Å². The summed E-state index contributed by atoms with van der Waals surface area (Å²) >= 11 is 0. The molecule has 8 heteroatoms. The average Bonchev–Trinajstić information content (AvgIpc) is 3.07. The van der Waals surface area contributed by atoms with Gasteiger partial charge in [-0.3, -0.25) is 4.79 Å². The maximum Gasteiger partial charge on any atom is 0.317 e. The maximum atomic E-state index is 12.3. The van der Waals surface area contributed by atoms with E-state index in [-0.39, 0.29) is 23.8 Å². The molecule has 3 heterocycles. The molecular formula is C20H28N6O2. The SMILES string of the molecule is NC(=O)[C@H]1CCCN(CCCNC(=O)N2CC(c3nc4ccccc4[nH]3)C2)C1. The number of nitrogens with one attached hydrogen (secondary N) is 2. The number of carbonyl (C=O) groups is 2. The smallest absolute Gasteiger partial charge is 0.317 e. The molecule has 1 aromatic heterocycles. The van der Waals surface area contributed by atoms with E-state index in [1.165, 1.54) is 0 Å². The fourth-order valence-electron chi connectivity index (χ4n) is 4.08. The minimum absolute atomic E-state index is 0.0129. The Morgan fingerprint density at radius 3 is 2.86 bits per heavy atom. The first-order chi connectivity index (χ1) is 13.6. The van der Waals surface area contributed by atoms with Gasteiger partial charge in [-0.25, -0.2) is 9.78 Å². The van der Waals surface area contributed by atoms with Crippen LogP contribution in [0.4, 0.5) is 4.79 Å². The Labute approximate surface area is 164 Å². The largest absolute Gasteiger partial charge is 0.369 e. The van der Waals surface area contributed by atoms with Crippen molar-refractivity contribution >= 4 is 23.0 Å². The number of hydrogen-bond donors (Lipinski definition) is 3. The molecule has 2 aromatic rings. The third-order valence-corrected chi connectivity index (χ3v) is 5.80. The van der Waals surface area contributed by atoms with Gasteiger partial charge < -0.3 is 25.8 Å². The van der Waals surface area contributed by atoms with E-state index in [4.69, 9.17) is 5.73 Å². The number of primary amides is 1. The zero-order valence-electron chi connectivity index (χ0n) is 16.1. The second-order valence-corrected chi connectivity index (χ2v) is 7.87. The molecule has 4 rings (SSSR count). The highest BCUT2D eigenvalue weighted by molar-refractivity contribution is 5.77. The number of benzene rings is 1. The van der Waals surface area contributed by atoms with Crippen molar-refractivity contribution in [3.05, 3.63) is 30.1 Å². The Hall–Kier alpha value is -2.61. The van der Waals surface area contributed by atoms with Crippen LogP contribution in [0.3, 0.4) is 0 Å². The molecule has 2 aliphatic heterocycles. The number of nitrogens with zero attached hydrogens (tertiary/aromatic N) is 3. The van der Waals surface area contributed by atoms with E-state index in [0.29, 0.717) is 19.6 Å². The van der Waals surface area contributed by atoms with Gasteiger partial charge in [0.1, 0.15) is 5.82 Å². The van der Waals surface area contributed by atoms with Gasteiger partial charge in [-0.1, -0.05) is 12.1 Å². The fourth-order valence-corrected chi connectivity index (χ4v) is 4.08. The number of amides is 3. The summed E-state index contributed by atoms with van der Waals surface area (Å²) in [6.45, 7) is 4.65. The van der Waals surface area contributed by atoms with Gasteiger partial charge in [0.25, 0.3) is 0 Å². The van der Waals surface area contributed by atoms with Gasteiger partial charge in [-0.05, 0) is 44.5 Å². The Morgan fingerprint density at radius 2 is 2.07 bits per heavy atom. The Morgan fingerprint density at radius 1 is 1.25 bits per heavy atom. The van der Waals surface area contributed by atoms with Gasteiger partial charge in [0, 0.05) is 26.2 Å². The zero-order valence-corrected chi connectivity index (χ0v) is 16.1. The van der Waals surface area contributed by atoms with E-state index in [0.717, 1.165) is 55.8 Å². The van der Waals surface area contributed by atoms with Crippen LogP contribution in [0.1, 0.15) is 31.0 Å². The van der Waals surface area contributed by atoms with Crippen LogP contribution >= 0.6 is 0 Å². The topological polar surface area (TPSA) is 107 Å². The predicted molar refractivity (Wildman–Crippen MR) is 107 cm³/mol. The van der Waals surface area contributed by atoms with Crippen molar-refractivity contribution in [2.24, 2.45) is 11.7 Å². The van der Waals surface area contributed by atoms with Gasteiger partial charge in [-0.2, -0.15) is 0 Å². The van der Waals surface area contributed by atoms with Crippen LogP contribution in [0.15, 0.2) is 24.3 Å². The summed E-state index contributed by atoms with van der Waals surface area (Å²) in [4.78, 5) is 35.7. The van der Waals surface area contributed by atoms with E-state index in [9.17, 15) is 9.59 Å². The first-order valence-corrected chi connectivity index (χ1v) is 10.1. The van der Waals surface area contributed by atoms with E-state index in [2.05, 4.69) is 20.2 Å². The van der Waals surface area contributed by atoms with Crippen LogP contribution in [0, 0.1) is 5.92 Å². The number of aromatic amines is 1. The van der Waals surface area contributed by atoms with Crippen molar-refractivity contribution in [1.82, 2.24) is 25.1 Å². The van der Waals surface area contributed by atoms with E-state index in [1.807, 2.05) is 29.2 Å². The summed E-state index contributed by atoms with van der Waals surface area (Å²) in [5.41, 5.74) is 7.43. The van der Waals surface area contributed by atoms with Crippen LogP contribution in [0.25, 0.3) is 11.0 Å². The summed E-state index contributed by atoms with van der Waals surface area (Å²) in [6.07, 6.45) is 2.78. The molecule has 0 saturated carbocycles. The molecule has 0 radical (unpaired) electrons. The summed E-state index contributed by atoms with van der Waals surface area (Å²) in [5.74, 6) is 1.01. The summed E-state index contributed by atoms with van der Waals surface area (Å²) in [7, 11) is 0. The highest BCUT2D eigenvalue weighted by Gasteiger charge is 2.33. The molecule has 0 bridgehead atoms. The summed E-state index contributed by atoms with van der Waals surface area (Å²) in [5, 5.41) is 2.99. The number of urea groups is 1. The van der Waals surface area contributed by atoms with Gasteiger partial charge in [0.15, 0.2) is 0 Å². The first kappa shape index (κ1) is 18.7. The second kappa shape index (κ2) is 8.18. The first-order valence-electron chi connectivity index (χ1n) is 10.1. The Balaban J connectivity index is 1.15. The molecule has 1 atom stereocenters. The third-order valence-electron chi connectivity index (χ3n) is 5.80. The number of para-hydroxylation sites is 2. The molecule has 0 unspecified atom stereocenters. The monoisotopic (exact) mass is 384 g/mol. The lowest BCUT2D eigenvalue weighted by molar-refractivity contribution is -0.123. The van der Waals surface area contributed by atoms with Gasteiger partial charge in [0.05, 0.1) is 22.9 Å². The minimum Gasteiger partial charge on any atom is -0.369 e. The number of piperidine rings is 1. The van der Waals surface area contributed by atoms with Crippen LogP contribution in [-0.2, 0) is 4.79 Å². The molecular weight excluding hydrogens is 356 g/mol. The molecule has 1 aromatic carbocycles. The number of rotatable bonds is 6. The van der Waals surface area contributed by atoms with Crippen molar-refractivity contribution in [1.29, 1.82) is 0 Å². The van der Waals surface area contributed by atoms with Crippen molar-refractivity contribution in [2.45, 2.75) is 25.2 Å². The van der Waals surface area contributed by atoms with Crippen molar-refractivity contribution in [3.63, 3.8) is 0 Å². The summed E-state index contributed by atoms with van der Waals surface area (Å²) < 4.78 is 0. The normalized spacial score (nSPS) is 20.9. The molecule has 4 N–H and O–H groups in total. The highest BCUT2D eigenvalue weighted by atomic mass is 16.2. The number of carbonyl (C=O) groups excluding carboxylic acids is 2. The maximum absolute atomic E-state index is 12.3. The predicted octanol–water partition coefficient (Wildman–Crippen LogP) is 1.26. The van der Waals surface area contributed by atoms with E-state index in [1.54, 1.807) is 0 Å². The number of H-pyrrole nitrogens is 1. The van der Waals surface area contributed by atoms with E-state index >= 15 is 0 Å². The number of imidazole rings is 1. The molecule has 3 amide bonds.